The molecule has 2 fully saturated rings. The number of benzene rings is 1. The van der Waals surface area contributed by atoms with Gasteiger partial charge in [0.1, 0.15) is 0 Å². The van der Waals surface area contributed by atoms with Crippen LogP contribution < -0.4 is 10.6 Å². The van der Waals surface area contributed by atoms with Crippen LogP contribution in [0.25, 0.3) is 5.69 Å². The number of hydrogen-bond donors (Lipinski definition) is 1. The second-order valence-electron chi connectivity index (χ2n) is 7.45. The van der Waals surface area contributed by atoms with E-state index in [9.17, 15) is 4.79 Å². The maximum absolute atomic E-state index is 11.5. The lowest BCUT2D eigenvalue weighted by Crippen LogP contribution is -2.17. The first-order chi connectivity index (χ1) is 12.6. The molecule has 2 aliphatic carbocycles. The molecule has 0 bridgehead atoms. The van der Waals surface area contributed by atoms with Crippen LogP contribution in [0.15, 0.2) is 40.9 Å². The van der Waals surface area contributed by atoms with Crippen LogP contribution in [0.5, 0.6) is 0 Å². The molecule has 0 radical (unpaired) electrons. The van der Waals surface area contributed by atoms with Gasteiger partial charge in [-0.2, -0.15) is 5.10 Å². The van der Waals surface area contributed by atoms with E-state index in [1.165, 1.54) is 48.8 Å². The molecule has 0 unspecified atom stereocenters. The molecule has 1 aromatic heterocycles. The highest BCUT2D eigenvalue weighted by Gasteiger charge is 2.33. The van der Waals surface area contributed by atoms with Crippen molar-refractivity contribution in [3.63, 3.8) is 0 Å². The van der Waals surface area contributed by atoms with Crippen molar-refractivity contribution in [1.29, 1.82) is 0 Å². The summed E-state index contributed by atoms with van der Waals surface area (Å²) in [7, 11) is 0. The van der Waals surface area contributed by atoms with E-state index >= 15 is 0 Å². The van der Waals surface area contributed by atoms with Crippen LogP contribution >= 0.6 is 11.8 Å². The van der Waals surface area contributed by atoms with Gasteiger partial charge in [-0.25, -0.2) is 4.68 Å². The van der Waals surface area contributed by atoms with Gasteiger partial charge in [-0.1, -0.05) is 11.8 Å². The summed E-state index contributed by atoms with van der Waals surface area (Å²) < 4.78 is 2.14. The fraction of sp³-hybridized carbons (Fsp3) is 0.400. The molecule has 134 valence electrons. The third-order valence-corrected chi connectivity index (χ3v) is 6.62. The highest BCUT2D eigenvalue weighted by Crippen LogP contribution is 2.45. The van der Waals surface area contributed by atoms with Gasteiger partial charge >= 0.3 is 0 Å². The highest BCUT2D eigenvalue weighted by molar-refractivity contribution is 8.04. The maximum Gasteiger partial charge on any atom is 0.256 e. The van der Waals surface area contributed by atoms with Gasteiger partial charge in [0.2, 0.25) is 0 Å². The van der Waals surface area contributed by atoms with Gasteiger partial charge in [0.05, 0.1) is 22.2 Å². The van der Waals surface area contributed by atoms with E-state index in [1.807, 2.05) is 6.92 Å². The zero-order chi connectivity index (χ0) is 17.8. The van der Waals surface area contributed by atoms with Gasteiger partial charge in [0.15, 0.2) is 0 Å². The molecule has 1 aromatic carbocycles. The second-order valence-corrected chi connectivity index (χ2v) is 8.41. The van der Waals surface area contributed by atoms with Crippen molar-refractivity contribution < 1.29 is 4.79 Å². The average molecular weight is 366 g/mol. The van der Waals surface area contributed by atoms with Crippen molar-refractivity contribution in [2.45, 2.75) is 44.4 Å². The molecule has 5 nitrogen and oxygen atoms in total. The minimum atomic E-state index is -0.343. The molecule has 2 N–H and O–H groups in total. The van der Waals surface area contributed by atoms with Crippen LogP contribution in [0.1, 0.15) is 55.8 Å². The van der Waals surface area contributed by atoms with Crippen molar-refractivity contribution in [3.8, 4) is 5.69 Å². The Morgan fingerprint density at radius 2 is 1.77 bits per heavy atom. The van der Waals surface area contributed by atoms with Crippen molar-refractivity contribution in [2.24, 2.45) is 5.73 Å². The number of nitrogens with two attached hydrogens (primary N) is 1. The predicted octanol–water partition coefficient (Wildman–Crippen LogP) is 3.85. The Labute approximate surface area is 157 Å². The number of rotatable bonds is 5. The van der Waals surface area contributed by atoms with E-state index in [2.05, 4.69) is 39.9 Å². The Morgan fingerprint density at radius 1 is 1.12 bits per heavy atom. The van der Waals surface area contributed by atoms with Crippen molar-refractivity contribution in [1.82, 2.24) is 9.78 Å². The maximum atomic E-state index is 11.5. The summed E-state index contributed by atoms with van der Waals surface area (Å²) in [5.74, 6) is 1.73. The number of nitrogens with zero attached hydrogens (tertiary/aromatic N) is 3. The lowest BCUT2D eigenvalue weighted by molar-refractivity contribution is -0.113. The molecule has 26 heavy (non-hydrogen) atoms. The second kappa shape index (κ2) is 5.91. The first-order valence-electron chi connectivity index (χ1n) is 9.23. The molecule has 3 aliphatic rings. The normalized spacial score (nSPS) is 20.1. The highest BCUT2D eigenvalue weighted by atomic mass is 32.2. The summed E-state index contributed by atoms with van der Waals surface area (Å²) in [6, 6.07) is 10.8. The summed E-state index contributed by atoms with van der Waals surface area (Å²) in [5, 5.41) is 4.91. The molecule has 1 aliphatic heterocycles. The molecule has 0 saturated heterocycles. The van der Waals surface area contributed by atoms with E-state index in [0.29, 0.717) is 16.7 Å². The third kappa shape index (κ3) is 2.72. The quantitative estimate of drug-likeness (QED) is 0.873. The average Bonchev–Trinajstić information content (AvgIpc) is 3.57. The summed E-state index contributed by atoms with van der Waals surface area (Å²) >= 11 is 1.50. The van der Waals surface area contributed by atoms with Gasteiger partial charge in [0.25, 0.3) is 5.91 Å². The molecule has 6 heteroatoms. The smallest absolute Gasteiger partial charge is 0.256 e. The molecule has 5 rings (SSSR count). The number of primary amides is 1. The van der Waals surface area contributed by atoms with Crippen LogP contribution in [0.2, 0.25) is 0 Å². The van der Waals surface area contributed by atoms with Gasteiger partial charge in [-0.15, -0.1) is 0 Å². The Morgan fingerprint density at radius 3 is 2.35 bits per heavy atom. The van der Waals surface area contributed by atoms with E-state index in [-0.39, 0.29) is 5.91 Å². The summed E-state index contributed by atoms with van der Waals surface area (Å²) in [5.41, 5.74) is 11.2. The molecule has 1 amide bonds. The zero-order valence-electron chi connectivity index (χ0n) is 14.8. The largest absolute Gasteiger partial charge is 0.365 e. The molecule has 2 aromatic rings. The Hall–Kier alpha value is -2.21. The molecule has 2 saturated carbocycles. The van der Waals surface area contributed by atoms with Crippen molar-refractivity contribution in [3.05, 3.63) is 52.3 Å². The fourth-order valence-electron chi connectivity index (χ4n) is 3.61. The molecule has 0 atom stereocenters. The van der Waals surface area contributed by atoms with Crippen LogP contribution in [0, 0.1) is 0 Å². The van der Waals surface area contributed by atoms with Gasteiger partial charge < -0.3 is 10.6 Å². The van der Waals surface area contributed by atoms with Crippen LogP contribution in [-0.2, 0) is 4.79 Å². The lowest BCUT2D eigenvalue weighted by atomic mass is 10.2. The number of carbonyl (C=O) groups is 1. The van der Waals surface area contributed by atoms with Gasteiger partial charge in [-0.3, -0.25) is 4.79 Å². The Balaban J connectivity index is 1.45. The van der Waals surface area contributed by atoms with Crippen LogP contribution in [-0.4, -0.2) is 21.6 Å². The molecule has 2 heterocycles. The summed E-state index contributed by atoms with van der Waals surface area (Å²) in [4.78, 5) is 14.3. The Kier molecular flexibility index (Phi) is 3.64. The first kappa shape index (κ1) is 16.0. The number of thioether (sulfide) groups is 1. The van der Waals surface area contributed by atoms with Gasteiger partial charge in [-0.05, 0) is 62.9 Å². The Bertz CT molecular complexity index is 906. The third-order valence-electron chi connectivity index (χ3n) is 5.45. The summed E-state index contributed by atoms with van der Waals surface area (Å²) in [6.45, 7) is 1.95. The van der Waals surface area contributed by atoms with E-state index in [4.69, 9.17) is 10.8 Å². The number of carbonyl (C=O) groups excluding carboxylic acids is 1. The number of hydrogen-bond acceptors (Lipinski definition) is 4. The first-order valence-corrected chi connectivity index (χ1v) is 10.2. The molecule has 0 spiro atoms. The minimum absolute atomic E-state index is 0.343. The van der Waals surface area contributed by atoms with E-state index in [0.717, 1.165) is 22.9 Å². The fourth-order valence-corrected chi connectivity index (χ4v) is 4.68. The van der Waals surface area contributed by atoms with Crippen molar-refractivity contribution in [2.75, 3.05) is 10.8 Å². The number of allylic oxidation sites excluding steroid dienone is 1. The topological polar surface area (TPSA) is 64.2 Å². The number of anilines is 1. The lowest BCUT2D eigenvalue weighted by Gasteiger charge is -2.19. The molecular formula is C20H22N4OS. The van der Waals surface area contributed by atoms with Crippen LogP contribution in [0.4, 0.5) is 5.69 Å². The van der Waals surface area contributed by atoms with E-state index in [1.54, 1.807) is 0 Å². The standard InChI is InChI=1S/C20H22N4OS/c1-12-19(20(21)25)26-11-23(12)15-6-8-16(9-7-15)24-18(14-4-5-14)10-17(22-24)13-2-3-13/h6-10,13-14H,2-5,11H2,1H3,(H2,21,25). The number of aromatic nitrogens is 2. The summed E-state index contributed by atoms with van der Waals surface area (Å²) in [6.07, 6.45) is 5.11. The molecular weight excluding hydrogens is 344 g/mol. The van der Waals surface area contributed by atoms with Gasteiger partial charge in [0, 0.05) is 28.9 Å². The van der Waals surface area contributed by atoms with E-state index < -0.39 is 0 Å². The zero-order valence-corrected chi connectivity index (χ0v) is 15.6. The number of amides is 1. The SMILES string of the molecule is CC1=C(C(N)=O)SCN1c1ccc(-n2nc(C3CC3)cc2C2CC2)cc1. The van der Waals surface area contributed by atoms with Crippen molar-refractivity contribution >= 4 is 23.4 Å². The van der Waals surface area contributed by atoms with Crippen LogP contribution in [0.3, 0.4) is 0 Å². The monoisotopic (exact) mass is 366 g/mol. The predicted molar refractivity (Wildman–Crippen MR) is 104 cm³/mol. The minimum Gasteiger partial charge on any atom is -0.365 e.